The molecule has 0 amide bonds. The predicted octanol–water partition coefficient (Wildman–Crippen LogP) is 4.59. The Kier molecular flexibility index (Phi) is 3.97. The number of aryl methyl sites for hydroxylation is 1. The second kappa shape index (κ2) is 5.88. The molecule has 1 aliphatic rings. The van der Waals surface area contributed by atoms with Crippen molar-refractivity contribution in [1.82, 2.24) is 0 Å². The monoisotopic (exact) mass is 330 g/mol. The predicted molar refractivity (Wildman–Crippen MR) is 89.5 cm³/mol. The molecule has 0 fully saturated rings. The molecule has 20 heavy (non-hydrogen) atoms. The second-order valence-corrected chi connectivity index (χ2v) is 6.05. The molecule has 0 aromatic heterocycles. The maximum Gasteiger partial charge on any atom is 0.0424 e. The first-order chi connectivity index (χ1) is 9.78. The molecule has 0 saturated heterocycles. The summed E-state index contributed by atoms with van der Waals surface area (Å²) in [5, 5.41) is 7.07. The lowest BCUT2D eigenvalue weighted by Gasteiger charge is -2.14. The van der Waals surface area contributed by atoms with Crippen LogP contribution >= 0.6 is 15.9 Å². The number of nitrogens with one attached hydrogen (secondary N) is 2. The van der Waals surface area contributed by atoms with Crippen molar-refractivity contribution in [3.8, 4) is 0 Å². The number of hydrogen-bond donors (Lipinski definition) is 2. The minimum atomic E-state index is 0.866. The molecule has 104 valence electrons. The highest BCUT2D eigenvalue weighted by Crippen LogP contribution is 2.28. The Balaban J connectivity index is 1.79. The van der Waals surface area contributed by atoms with Crippen molar-refractivity contribution in [3.63, 3.8) is 0 Å². The van der Waals surface area contributed by atoms with Crippen LogP contribution in [0, 0.1) is 0 Å². The van der Waals surface area contributed by atoms with E-state index >= 15 is 0 Å². The molecule has 2 N–H and O–H groups in total. The molecule has 0 unspecified atom stereocenters. The highest BCUT2D eigenvalue weighted by molar-refractivity contribution is 9.10. The van der Waals surface area contributed by atoms with E-state index in [1.165, 1.54) is 28.1 Å². The van der Waals surface area contributed by atoms with Crippen molar-refractivity contribution >= 4 is 27.3 Å². The van der Waals surface area contributed by atoms with Crippen molar-refractivity contribution < 1.29 is 0 Å². The van der Waals surface area contributed by atoms with Gasteiger partial charge in [0.05, 0.1) is 0 Å². The van der Waals surface area contributed by atoms with Crippen LogP contribution in [0.25, 0.3) is 0 Å². The first kappa shape index (κ1) is 13.5. The van der Waals surface area contributed by atoms with E-state index in [1.807, 2.05) is 0 Å². The van der Waals surface area contributed by atoms with E-state index in [0.29, 0.717) is 0 Å². The smallest absolute Gasteiger partial charge is 0.0424 e. The van der Waals surface area contributed by atoms with Crippen molar-refractivity contribution in [2.75, 3.05) is 17.2 Å². The number of halogens is 1. The minimum absolute atomic E-state index is 0.866. The summed E-state index contributed by atoms with van der Waals surface area (Å²) in [6.07, 6.45) is 2.18. The van der Waals surface area contributed by atoms with Crippen LogP contribution < -0.4 is 10.6 Å². The molecule has 1 heterocycles. The van der Waals surface area contributed by atoms with Gasteiger partial charge in [0.25, 0.3) is 0 Å². The summed E-state index contributed by atoms with van der Waals surface area (Å²) in [4.78, 5) is 0. The molecule has 2 aromatic rings. The first-order valence-corrected chi connectivity index (χ1v) is 7.94. The summed E-state index contributed by atoms with van der Waals surface area (Å²) in [6, 6.07) is 13.0. The van der Waals surface area contributed by atoms with Gasteiger partial charge in [-0.3, -0.25) is 0 Å². The zero-order valence-electron chi connectivity index (χ0n) is 11.7. The molecule has 1 aliphatic heterocycles. The van der Waals surface area contributed by atoms with Crippen molar-refractivity contribution in [3.05, 3.63) is 57.6 Å². The molecule has 3 heteroatoms. The Bertz CT molecular complexity index is 622. The van der Waals surface area contributed by atoms with Gasteiger partial charge < -0.3 is 10.6 Å². The van der Waals surface area contributed by atoms with E-state index in [0.717, 1.165) is 30.4 Å². The van der Waals surface area contributed by atoms with Crippen LogP contribution in [0.2, 0.25) is 0 Å². The van der Waals surface area contributed by atoms with E-state index < -0.39 is 0 Å². The molecule has 0 saturated carbocycles. The third-order valence-corrected chi connectivity index (χ3v) is 4.34. The zero-order valence-corrected chi connectivity index (χ0v) is 13.3. The van der Waals surface area contributed by atoms with E-state index in [-0.39, 0.29) is 0 Å². The molecule has 3 rings (SSSR count). The number of hydrogen-bond acceptors (Lipinski definition) is 2. The Labute approximate surface area is 128 Å². The van der Waals surface area contributed by atoms with Crippen LogP contribution in [0.1, 0.15) is 23.6 Å². The third kappa shape index (κ3) is 2.68. The maximum absolute atomic E-state index is 3.58. The van der Waals surface area contributed by atoms with Crippen LogP contribution in [-0.4, -0.2) is 6.54 Å². The zero-order chi connectivity index (χ0) is 13.9. The van der Waals surface area contributed by atoms with Gasteiger partial charge in [-0.2, -0.15) is 0 Å². The average molecular weight is 331 g/mol. The molecule has 0 radical (unpaired) electrons. The average Bonchev–Trinajstić information content (AvgIpc) is 2.94. The molecular formula is C17H19BrN2. The number of benzene rings is 2. The fraction of sp³-hybridized carbons (Fsp3) is 0.294. The molecule has 0 bridgehead atoms. The lowest BCUT2D eigenvalue weighted by atomic mass is 10.1. The van der Waals surface area contributed by atoms with Crippen LogP contribution in [0.4, 0.5) is 11.4 Å². The molecule has 0 aliphatic carbocycles. The van der Waals surface area contributed by atoms with Crippen LogP contribution in [0.15, 0.2) is 40.9 Å². The largest absolute Gasteiger partial charge is 0.384 e. The minimum Gasteiger partial charge on any atom is -0.384 e. The number of anilines is 2. The lowest BCUT2D eigenvalue weighted by Crippen LogP contribution is -2.04. The molecule has 2 nitrogen and oxygen atoms in total. The summed E-state index contributed by atoms with van der Waals surface area (Å²) >= 11 is 3.54. The van der Waals surface area contributed by atoms with Gasteiger partial charge in [0, 0.05) is 28.9 Å². The van der Waals surface area contributed by atoms with Gasteiger partial charge in [-0.15, -0.1) is 0 Å². The summed E-state index contributed by atoms with van der Waals surface area (Å²) < 4.78 is 1.14. The summed E-state index contributed by atoms with van der Waals surface area (Å²) in [7, 11) is 0. The topological polar surface area (TPSA) is 24.1 Å². The van der Waals surface area contributed by atoms with Crippen molar-refractivity contribution in [2.45, 2.75) is 26.3 Å². The van der Waals surface area contributed by atoms with Crippen molar-refractivity contribution in [1.29, 1.82) is 0 Å². The van der Waals surface area contributed by atoms with E-state index in [4.69, 9.17) is 0 Å². The lowest BCUT2D eigenvalue weighted by molar-refractivity contribution is 1.09. The van der Waals surface area contributed by atoms with Crippen molar-refractivity contribution in [2.24, 2.45) is 0 Å². The van der Waals surface area contributed by atoms with Gasteiger partial charge in [-0.05, 0) is 47.7 Å². The van der Waals surface area contributed by atoms with Gasteiger partial charge in [0.2, 0.25) is 0 Å². The van der Waals surface area contributed by atoms with E-state index in [1.54, 1.807) is 0 Å². The number of rotatable bonds is 4. The van der Waals surface area contributed by atoms with E-state index in [2.05, 4.69) is 69.9 Å². The standard InChI is InChI=1S/C17H19BrN2/c1-2-12-10-15(18)6-7-16(12)20-11-14-5-3-4-13-8-9-19-17(13)14/h3-7,10,19-20H,2,8-9,11H2,1H3. The van der Waals surface area contributed by atoms with Gasteiger partial charge >= 0.3 is 0 Å². The van der Waals surface area contributed by atoms with Crippen LogP contribution in [0.5, 0.6) is 0 Å². The fourth-order valence-corrected chi connectivity index (χ4v) is 3.18. The van der Waals surface area contributed by atoms with Crippen LogP contribution in [-0.2, 0) is 19.4 Å². The van der Waals surface area contributed by atoms with Gasteiger partial charge in [-0.25, -0.2) is 0 Å². The van der Waals surface area contributed by atoms with E-state index in [9.17, 15) is 0 Å². The maximum atomic E-state index is 3.58. The first-order valence-electron chi connectivity index (χ1n) is 7.15. The summed E-state index contributed by atoms with van der Waals surface area (Å²) in [5.74, 6) is 0. The Morgan fingerprint density at radius 1 is 1.20 bits per heavy atom. The summed E-state index contributed by atoms with van der Waals surface area (Å²) in [6.45, 7) is 4.12. The fourth-order valence-electron chi connectivity index (χ4n) is 2.78. The second-order valence-electron chi connectivity index (χ2n) is 5.14. The molecule has 2 aromatic carbocycles. The molecule has 0 atom stereocenters. The summed E-state index contributed by atoms with van der Waals surface area (Å²) in [5.41, 5.74) is 6.70. The quantitative estimate of drug-likeness (QED) is 0.856. The number of fused-ring (bicyclic) bond motifs is 1. The van der Waals surface area contributed by atoms with Crippen LogP contribution in [0.3, 0.4) is 0 Å². The highest BCUT2D eigenvalue weighted by atomic mass is 79.9. The van der Waals surface area contributed by atoms with Gasteiger partial charge in [0.1, 0.15) is 0 Å². The molecule has 0 spiro atoms. The third-order valence-electron chi connectivity index (χ3n) is 3.85. The van der Waals surface area contributed by atoms with Gasteiger partial charge in [0.15, 0.2) is 0 Å². The Morgan fingerprint density at radius 3 is 2.95 bits per heavy atom. The Hall–Kier alpha value is -1.48. The SMILES string of the molecule is CCc1cc(Br)ccc1NCc1cccc2c1NCC2. The highest BCUT2D eigenvalue weighted by Gasteiger charge is 2.13. The Morgan fingerprint density at radius 2 is 2.10 bits per heavy atom. The molecular weight excluding hydrogens is 312 g/mol. The van der Waals surface area contributed by atoms with Gasteiger partial charge in [-0.1, -0.05) is 41.1 Å². The number of para-hydroxylation sites is 1. The normalized spacial score (nSPS) is 12.9.